The molecule has 1 aliphatic rings. The van der Waals surface area contributed by atoms with Gasteiger partial charge in [0.15, 0.2) is 4.80 Å². The van der Waals surface area contributed by atoms with E-state index in [2.05, 4.69) is 4.99 Å². The number of rotatable bonds is 8. The Labute approximate surface area is 214 Å². The summed E-state index contributed by atoms with van der Waals surface area (Å²) in [6.45, 7) is 2.35. The number of hydrogen-bond donors (Lipinski definition) is 0. The Hall–Kier alpha value is -3.51. The highest BCUT2D eigenvalue weighted by atomic mass is 32.2. The van der Waals surface area contributed by atoms with Crippen LogP contribution in [0.4, 0.5) is 11.4 Å². The second-order valence-corrected chi connectivity index (χ2v) is 9.96. The number of para-hydroxylation sites is 1. The van der Waals surface area contributed by atoms with Crippen molar-refractivity contribution in [2.24, 2.45) is 4.99 Å². The summed E-state index contributed by atoms with van der Waals surface area (Å²) < 4.78 is 7.06. The van der Waals surface area contributed by atoms with Crippen LogP contribution in [0.5, 0.6) is 0 Å². The topological polar surface area (TPSA) is 124 Å². The minimum Gasteiger partial charge on any atom is -0.465 e. The van der Waals surface area contributed by atoms with Crippen LogP contribution < -0.4 is 9.70 Å². The molecule has 1 aromatic heterocycles. The molecule has 188 valence electrons. The number of amides is 2. The van der Waals surface area contributed by atoms with Crippen LogP contribution in [0.3, 0.4) is 0 Å². The molecule has 0 unspecified atom stereocenters. The molecule has 3 aromatic rings. The number of anilines is 1. The standard InChI is InChI=1S/C24H24N4O6S2/c1-2-34-23(31)13-27-19-10-9-17(28(32)33)12-20(19)36-24(27)25-21(29)14-35-15-22(30)26-11-5-7-16-6-3-4-8-18(16)26/h3-4,6,8-10,12H,2,5,7,11,13-15H2,1H3. The Morgan fingerprint density at radius 3 is 2.78 bits per heavy atom. The van der Waals surface area contributed by atoms with E-state index in [-0.39, 0.29) is 41.1 Å². The van der Waals surface area contributed by atoms with Gasteiger partial charge in [-0.2, -0.15) is 4.99 Å². The second kappa shape index (κ2) is 11.5. The summed E-state index contributed by atoms with van der Waals surface area (Å²) in [4.78, 5) is 54.4. The molecule has 0 fully saturated rings. The molecule has 1 aliphatic heterocycles. The van der Waals surface area contributed by atoms with E-state index in [1.54, 1.807) is 11.8 Å². The van der Waals surface area contributed by atoms with Crippen molar-refractivity contribution in [1.29, 1.82) is 0 Å². The normalized spacial score (nSPS) is 13.5. The summed E-state index contributed by atoms with van der Waals surface area (Å²) in [6.07, 6.45) is 1.83. The van der Waals surface area contributed by atoms with Gasteiger partial charge >= 0.3 is 5.97 Å². The lowest BCUT2D eigenvalue weighted by Crippen LogP contribution is -2.36. The van der Waals surface area contributed by atoms with Gasteiger partial charge in [0.05, 0.1) is 33.3 Å². The van der Waals surface area contributed by atoms with E-state index in [4.69, 9.17) is 4.74 Å². The van der Waals surface area contributed by atoms with Crippen LogP contribution in [0.2, 0.25) is 0 Å². The molecule has 0 aliphatic carbocycles. The molecular weight excluding hydrogens is 504 g/mol. The molecule has 0 spiro atoms. The quantitative estimate of drug-likeness (QED) is 0.250. The Balaban J connectivity index is 1.49. The van der Waals surface area contributed by atoms with Crippen molar-refractivity contribution in [1.82, 2.24) is 4.57 Å². The molecule has 0 bridgehead atoms. The van der Waals surface area contributed by atoms with Crippen LogP contribution in [0.25, 0.3) is 10.2 Å². The Kier molecular flexibility index (Phi) is 8.16. The van der Waals surface area contributed by atoms with Crippen LogP contribution >= 0.6 is 23.1 Å². The number of nitro groups is 1. The van der Waals surface area contributed by atoms with E-state index in [1.165, 1.54) is 34.5 Å². The number of ether oxygens (including phenoxy) is 1. The molecule has 12 heteroatoms. The number of non-ortho nitro benzene ring substituents is 1. The van der Waals surface area contributed by atoms with Crippen LogP contribution in [-0.2, 0) is 32.1 Å². The number of fused-ring (bicyclic) bond motifs is 2. The number of thioether (sulfide) groups is 1. The van der Waals surface area contributed by atoms with Crippen LogP contribution in [0, 0.1) is 10.1 Å². The molecule has 0 N–H and O–H groups in total. The third kappa shape index (κ3) is 5.82. The van der Waals surface area contributed by atoms with Crippen molar-refractivity contribution in [3.05, 3.63) is 62.9 Å². The number of carbonyl (C=O) groups excluding carboxylic acids is 3. The highest BCUT2D eigenvalue weighted by Gasteiger charge is 2.22. The third-order valence-corrected chi connectivity index (χ3v) is 7.50. The van der Waals surface area contributed by atoms with E-state index in [1.807, 2.05) is 24.3 Å². The maximum atomic E-state index is 12.8. The number of hydrogen-bond acceptors (Lipinski definition) is 8. The van der Waals surface area contributed by atoms with Gasteiger partial charge in [-0.15, -0.1) is 11.8 Å². The van der Waals surface area contributed by atoms with Crippen LogP contribution in [0.15, 0.2) is 47.5 Å². The summed E-state index contributed by atoms with van der Waals surface area (Å²) >= 11 is 2.26. The van der Waals surface area contributed by atoms with Gasteiger partial charge in [-0.3, -0.25) is 24.5 Å². The summed E-state index contributed by atoms with van der Waals surface area (Å²) in [5.41, 5.74) is 2.50. The zero-order valence-corrected chi connectivity index (χ0v) is 21.2. The zero-order chi connectivity index (χ0) is 25.7. The Morgan fingerprint density at radius 2 is 2.00 bits per heavy atom. The highest BCUT2D eigenvalue weighted by Crippen LogP contribution is 2.27. The van der Waals surface area contributed by atoms with Crippen molar-refractivity contribution >= 4 is 62.5 Å². The van der Waals surface area contributed by atoms with Crippen molar-refractivity contribution in [3.8, 4) is 0 Å². The molecule has 0 saturated heterocycles. The summed E-state index contributed by atoms with van der Waals surface area (Å²) in [6, 6.07) is 12.1. The first-order chi connectivity index (χ1) is 17.4. The van der Waals surface area contributed by atoms with E-state index in [0.29, 0.717) is 16.8 Å². The first-order valence-electron chi connectivity index (χ1n) is 11.3. The fourth-order valence-corrected chi connectivity index (χ4v) is 5.74. The van der Waals surface area contributed by atoms with E-state index >= 15 is 0 Å². The summed E-state index contributed by atoms with van der Waals surface area (Å²) in [7, 11) is 0. The molecule has 2 aromatic carbocycles. The van der Waals surface area contributed by atoms with Gasteiger partial charge in [0.1, 0.15) is 6.54 Å². The largest absolute Gasteiger partial charge is 0.465 e. The molecule has 36 heavy (non-hydrogen) atoms. The Morgan fingerprint density at radius 1 is 1.19 bits per heavy atom. The molecule has 2 heterocycles. The minimum atomic E-state index is -0.509. The average molecular weight is 529 g/mol. The predicted molar refractivity (Wildman–Crippen MR) is 138 cm³/mol. The van der Waals surface area contributed by atoms with Crippen molar-refractivity contribution < 1.29 is 24.0 Å². The molecule has 0 saturated carbocycles. The minimum absolute atomic E-state index is 0.0188. The maximum absolute atomic E-state index is 12.8. The number of benzene rings is 2. The summed E-state index contributed by atoms with van der Waals surface area (Å²) in [5.74, 6) is -0.922. The van der Waals surface area contributed by atoms with Crippen LogP contribution in [0.1, 0.15) is 18.9 Å². The van der Waals surface area contributed by atoms with Crippen molar-refractivity contribution in [3.63, 3.8) is 0 Å². The van der Waals surface area contributed by atoms with E-state index in [9.17, 15) is 24.5 Å². The van der Waals surface area contributed by atoms with Gasteiger partial charge in [-0.25, -0.2) is 0 Å². The molecular formula is C24H24N4O6S2. The molecule has 0 radical (unpaired) electrons. The predicted octanol–water partition coefficient (Wildman–Crippen LogP) is 3.31. The zero-order valence-electron chi connectivity index (χ0n) is 19.5. The van der Waals surface area contributed by atoms with Crippen molar-refractivity contribution in [2.45, 2.75) is 26.3 Å². The number of thiazole rings is 1. The third-order valence-electron chi connectivity index (χ3n) is 5.55. The average Bonchev–Trinajstić information content (AvgIpc) is 3.19. The number of nitrogens with zero attached hydrogens (tertiary/aromatic N) is 4. The number of nitro benzene ring substituents is 1. The van der Waals surface area contributed by atoms with Gasteiger partial charge in [0.25, 0.3) is 11.6 Å². The first kappa shape index (κ1) is 25.6. The van der Waals surface area contributed by atoms with E-state index in [0.717, 1.165) is 35.4 Å². The first-order valence-corrected chi connectivity index (χ1v) is 13.3. The molecule has 0 atom stereocenters. The lowest BCUT2D eigenvalue weighted by Gasteiger charge is -2.29. The Bertz CT molecular complexity index is 1400. The number of aryl methyl sites for hydroxylation is 1. The molecule has 4 rings (SSSR count). The van der Waals surface area contributed by atoms with Crippen LogP contribution in [-0.4, -0.2) is 51.9 Å². The number of carbonyl (C=O) groups is 3. The number of aromatic nitrogens is 1. The SMILES string of the molecule is CCOC(=O)Cn1c(=NC(=O)CSCC(=O)N2CCCc3ccccc32)sc2cc([N+](=O)[O-])ccc21. The summed E-state index contributed by atoms with van der Waals surface area (Å²) in [5, 5.41) is 11.2. The molecule has 10 nitrogen and oxygen atoms in total. The number of esters is 1. The van der Waals surface area contributed by atoms with Crippen molar-refractivity contribution in [2.75, 3.05) is 29.6 Å². The lowest BCUT2D eigenvalue weighted by molar-refractivity contribution is -0.384. The second-order valence-electron chi connectivity index (χ2n) is 7.96. The van der Waals surface area contributed by atoms with Gasteiger partial charge in [-0.1, -0.05) is 29.5 Å². The molecule has 2 amide bonds. The monoisotopic (exact) mass is 528 g/mol. The fourth-order valence-electron chi connectivity index (χ4n) is 3.98. The van der Waals surface area contributed by atoms with Gasteiger partial charge < -0.3 is 14.2 Å². The smallest absolute Gasteiger partial charge is 0.326 e. The van der Waals surface area contributed by atoms with E-state index < -0.39 is 16.8 Å². The van der Waals surface area contributed by atoms with Gasteiger partial charge in [0.2, 0.25) is 5.91 Å². The maximum Gasteiger partial charge on any atom is 0.326 e. The van der Waals surface area contributed by atoms with Gasteiger partial charge in [0, 0.05) is 24.4 Å². The lowest BCUT2D eigenvalue weighted by atomic mass is 10.0. The van der Waals surface area contributed by atoms with Gasteiger partial charge in [-0.05, 0) is 37.5 Å². The highest BCUT2D eigenvalue weighted by molar-refractivity contribution is 8.00. The fraction of sp³-hybridized carbons (Fsp3) is 0.333.